The highest BCUT2D eigenvalue weighted by atomic mass is 16.5. The predicted molar refractivity (Wildman–Crippen MR) is 82.6 cm³/mol. The van der Waals surface area contributed by atoms with E-state index in [1.807, 2.05) is 43.3 Å². The fourth-order valence-electron chi connectivity index (χ4n) is 1.67. The summed E-state index contributed by atoms with van der Waals surface area (Å²) in [6.45, 7) is 1.86. The van der Waals surface area contributed by atoms with E-state index in [0.29, 0.717) is 16.4 Å². The Morgan fingerprint density at radius 3 is 2.64 bits per heavy atom. The van der Waals surface area contributed by atoms with Crippen LogP contribution in [0.4, 0.5) is 4.79 Å². The van der Waals surface area contributed by atoms with Gasteiger partial charge in [-0.2, -0.15) is 5.06 Å². The van der Waals surface area contributed by atoms with Crippen molar-refractivity contribution in [3.05, 3.63) is 59.7 Å². The van der Waals surface area contributed by atoms with Gasteiger partial charge in [0.25, 0.3) is 0 Å². The molecule has 0 saturated carbocycles. The molecule has 0 aliphatic carbocycles. The van der Waals surface area contributed by atoms with Crippen molar-refractivity contribution in [3.8, 4) is 23.3 Å². The number of aryl methyl sites for hydroxylation is 1. The van der Waals surface area contributed by atoms with Crippen molar-refractivity contribution in [2.24, 2.45) is 5.73 Å². The van der Waals surface area contributed by atoms with Crippen LogP contribution in [-0.2, 0) is 0 Å². The Kier molecular flexibility index (Phi) is 5.02. The van der Waals surface area contributed by atoms with Gasteiger partial charge in [-0.15, -0.1) is 0 Å². The van der Waals surface area contributed by atoms with Crippen LogP contribution in [0.15, 0.2) is 48.5 Å². The molecular weight excluding hydrogens is 280 g/mol. The number of nitrogens with two attached hydrogens (primary N) is 1. The van der Waals surface area contributed by atoms with Crippen LogP contribution in [0.5, 0.6) is 11.5 Å². The summed E-state index contributed by atoms with van der Waals surface area (Å²) in [7, 11) is 0. The van der Waals surface area contributed by atoms with Crippen molar-refractivity contribution in [3.63, 3.8) is 0 Å². The molecule has 5 heteroatoms. The number of benzene rings is 2. The first kappa shape index (κ1) is 15.4. The Morgan fingerprint density at radius 1 is 1.23 bits per heavy atom. The summed E-state index contributed by atoms with van der Waals surface area (Å²) in [6.07, 6.45) is 0. The van der Waals surface area contributed by atoms with Gasteiger partial charge in [-0.25, -0.2) is 4.79 Å². The third-order valence-electron chi connectivity index (χ3n) is 2.81. The van der Waals surface area contributed by atoms with Crippen LogP contribution in [-0.4, -0.2) is 22.8 Å². The van der Waals surface area contributed by atoms with Crippen molar-refractivity contribution in [1.29, 1.82) is 0 Å². The molecule has 0 aliphatic rings. The number of carbonyl (C=O) groups excluding carboxylic acids is 1. The Labute approximate surface area is 128 Å². The lowest BCUT2D eigenvalue weighted by atomic mass is 10.2. The molecule has 3 N–H and O–H groups in total. The summed E-state index contributed by atoms with van der Waals surface area (Å²) in [6, 6.07) is 14.0. The van der Waals surface area contributed by atoms with Gasteiger partial charge in [-0.1, -0.05) is 35.6 Å². The number of ether oxygens (including phenoxy) is 1. The number of primary amides is 1. The van der Waals surface area contributed by atoms with Crippen LogP contribution in [0.1, 0.15) is 11.1 Å². The highest BCUT2D eigenvalue weighted by molar-refractivity contribution is 5.70. The fraction of sp³-hybridized carbons (Fsp3) is 0.118. The number of rotatable bonds is 3. The minimum Gasteiger partial charge on any atom is -0.457 e. The van der Waals surface area contributed by atoms with E-state index in [-0.39, 0.29) is 6.54 Å². The monoisotopic (exact) mass is 296 g/mol. The summed E-state index contributed by atoms with van der Waals surface area (Å²) in [5.41, 5.74) is 6.76. The molecule has 0 saturated heterocycles. The van der Waals surface area contributed by atoms with Crippen LogP contribution in [0.3, 0.4) is 0 Å². The number of amides is 2. The van der Waals surface area contributed by atoms with Gasteiger partial charge < -0.3 is 10.5 Å². The van der Waals surface area contributed by atoms with Crippen LogP contribution in [0, 0.1) is 18.8 Å². The molecule has 0 atom stereocenters. The molecule has 22 heavy (non-hydrogen) atoms. The number of carbonyl (C=O) groups is 1. The average molecular weight is 296 g/mol. The van der Waals surface area contributed by atoms with Crippen molar-refractivity contribution >= 4 is 6.03 Å². The lowest BCUT2D eigenvalue weighted by Crippen LogP contribution is -2.32. The van der Waals surface area contributed by atoms with Gasteiger partial charge in [0.05, 0.1) is 0 Å². The smallest absolute Gasteiger partial charge is 0.339 e. The third-order valence-corrected chi connectivity index (χ3v) is 2.81. The summed E-state index contributed by atoms with van der Waals surface area (Å²) >= 11 is 0. The summed E-state index contributed by atoms with van der Waals surface area (Å²) < 4.78 is 5.74. The number of hydrogen-bond donors (Lipinski definition) is 2. The van der Waals surface area contributed by atoms with E-state index < -0.39 is 6.03 Å². The topological polar surface area (TPSA) is 75.8 Å². The van der Waals surface area contributed by atoms with Crippen molar-refractivity contribution < 1.29 is 14.7 Å². The molecule has 2 rings (SSSR count). The fourth-order valence-corrected chi connectivity index (χ4v) is 1.67. The SMILES string of the molecule is Cc1ccc(Oc2cccc(C#CCN(O)C(N)=O)c2)cc1. The molecule has 0 bridgehead atoms. The zero-order valence-corrected chi connectivity index (χ0v) is 12.1. The summed E-state index contributed by atoms with van der Waals surface area (Å²) in [5, 5.41) is 9.45. The Balaban J connectivity index is 2.05. The van der Waals surface area contributed by atoms with Gasteiger partial charge >= 0.3 is 6.03 Å². The van der Waals surface area contributed by atoms with E-state index in [4.69, 9.17) is 15.7 Å². The Bertz CT molecular complexity index is 715. The van der Waals surface area contributed by atoms with Crippen LogP contribution in [0.2, 0.25) is 0 Å². The van der Waals surface area contributed by atoms with Crippen molar-refractivity contribution in [2.75, 3.05) is 6.54 Å². The van der Waals surface area contributed by atoms with E-state index in [2.05, 4.69) is 11.8 Å². The first-order chi connectivity index (χ1) is 10.5. The van der Waals surface area contributed by atoms with Gasteiger partial charge in [0.1, 0.15) is 18.0 Å². The molecule has 0 heterocycles. The highest BCUT2D eigenvalue weighted by Gasteiger charge is 2.01. The first-order valence-corrected chi connectivity index (χ1v) is 6.64. The quantitative estimate of drug-likeness (QED) is 0.519. The molecule has 5 nitrogen and oxygen atoms in total. The number of nitrogens with zero attached hydrogens (tertiary/aromatic N) is 1. The van der Waals surface area contributed by atoms with Crippen molar-refractivity contribution in [2.45, 2.75) is 6.92 Å². The maximum absolute atomic E-state index is 10.6. The number of urea groups is 1. The van der Waals surface area contributed by atoms with Crippen LogP contribution < -0.4 is 10.5 Å². The molecule has 2 aromatic carbocycles. The molecule has 0 spiro atoms. The summed E-state index contributed by atoms with van der Waals surface area (Å²) in [5.74, 6) is 6.88. The number of hydrogen-bond acceptors (Lipinski definition) is 3. The van der Waals surface area contributed by atoms with E-state index in [9.17, 15) is 4.79 Å². The van der Waals surface area contributed by atoms with E-state index in [0.717, 1.165) is 11.3 Å². The summed E-state index contributed by atoms with van der Waals surface area (Å²) in [4.78, 5) is 10.6. The molecule has 0 aliphatic heterocycles. The van der Waals surface area contributed by atoms with E-state index in [1.54, 1.807) is 12.1 Å². The molecule has 0 radical (unpaired) electrons. The molecule has 0 aromatic heterocycles. The molecule has 0 fully saturated rings. The minimum atomic E-state index is -0.939. The van der Waals surface area contributed by atoms with Gasteiger partial charge in [-0.05, 0) is 37.3 Å². The Hall–Kier alpha value is -2.97. The van der Waals surface area contributed by atoms with E-state index >= 15 is 0 Å². The zero-order chi connectivity index (χ0) is 15.9. The predicted octanol–water partition coefficient (Wildman–Crippen LogP) is 2.91. The Morgan fingerprint density at radius 2 is 1.95 bits per heavy atom. The molecule has 2 aromatic rings. The largest absolute Gasteiger partial charge is 0.457 e. The highest BCUT2D eigenvalue weighted by Crippen LogP contribution is 2.22. The van der Waals surface area contributed by atoms with Gasteiger partial charge in [0.2, 0.25) is 0 Å². The van der Waals surface area contributed by atoms with Gasteiger partial charge in [0, 0.05) is 5.56 Å². The van der Waals surface area contributed by atoms with Gasteiger partial charge in [-0.3, -0.25) is 5.21 Å². The normalized spacial score (nSPS) is 9.55. The lowest BCUT2D eigenvalue weighted by Gasteiger charge is -2.07. The minimum absolute atomic E-state index is 0.154. The standard InChI is InChI=1S/C17H16N2O3/c1-13-7-9-15(10-8-13)22-16-6-2-4-14(12-16)5-3-11-19(21)17(18)20/h2,4,6-10,12,21H,11H2,1H3,(H2,18,20). The lowest BCUT2D eigenvalue weighted by molar-refractivity contribution is -0.0269. The average Bonchev–Trinajstić information content (AvgIpc) is 2.50. The molecular formula is C17H16N2O3. The first-order valence-electron chi connectivity index (χ1n) is 6.64. The molecule has 0 unspecified atom stereocenters. The second kappa shape index (κ2) is 7.16. The molecule has 2 amide bonds. The number of hydroxylamine groups is 2. The second-order valence-electron chi connectivity index (χ2n) is 4.64. The second-order valence-corrected chi connectivity index (χ2v) is 4.64. The maximum atomic E-state index is 10.6. The zero-order valence-electron chi connectivity index (χ0n) is 12.1. The molecule has 112 valence electrons. The van der Waals surface area contributed by atoms with Crippen LogP contribution >= 0.6 is 0 Å². The van der Waals surface area contributed by atoms with Crippen LogP contribution in [0.25, 0.3) is 0 Å². The van der Waals surface area contributed by atoms with Gasteiger partial charge in [0.15, 0.2) is 0 Å². The van der Waals surface area contributed by atoms with Crippen molar-refractivity contribution in [1.82, 2.24) is 5.06 Å². The maximum Gasteiger partial charge on any atom is 0.339 e. The van der Waals surface area contributed by atoms with E-state index in [1.165, 1.54) is 0 Å². The third kappa shape index (κ3) is 4.54.